The van der Waals surface area contributed by atoms with E-state index in [0.29, 0.717) is 59.1 Å². The van der Waals surface area contributed by atoms with E-state index in [-0.39, 0.29) is 0 Å². The Bertz CT molecular complexity index is 1220. The van der Waals surface area contributed by atoms with Gasteiger partial charge in [-0.05, 0) is 46.3 Å². The number of alkyl halides is 6. The van der Waals surface area contributed by atoms with Gasteiger partial charge in [-0.25, -0.2) is 9.97 Å². The highest BCUT2D eigenvalue weighted by Gasteiger charge is 2.36. The predicted molar refractivity (Wildman–Crippen MR) is 110 cm³/mol. The Morgan fingerprint density at radius 2 is 1.39 bits per heavy atom. The zero-order chi connectivity index (χ0) is 23.0. The van der Waals surface area contributed by atoms with E-state index >= 15 is 0 Å². The van der Waals surface area contributed by atoms with Crippen molar-refractivity contribution in [1.82, 2.24) is 9.97 Å². The Labute approximate surface area is 187 Å². The molecule has 4 aromatic rings. The number of thiazole rings is 2. The van der Waals surface area contributed by atoms with E-state index in [1.165, 1.54) is 26.4 Å². The average molecular weight is 545 g/mol. The lowest BCUT2D eigenvalue weighted by Gasteiger charge is -2.01. The number of hydrogen-bond donors (Lipinski definition) is 0. The maximum absolute atomic E-state index is 12.4. The number of methoxy groups -OCH3 is 2. The Hall–Kier alpha value is -2.12. The highest BCUT2D eigenvalue weighted by atomic mass is 79.9. The average Bonchev–Trinajstić information content (AvgIpc) is 3.32. The van der Waals surface area contributed by atoms with Crippen LogP contribution in [0.15, 0.2) is 34.8 Å². The SMILES string of the molecule is COc1ccc2nc(C(F)(F)F)sc2c1.COc1ccc2nc(C(F)(F)F)sc2c1Br. The van der Waals surface area contributed by atoms with Crippen LogP contribution in [0.5, 0.6) is 11.5 Å². The molecule has 0 amide bonds. The smallest absolute Gasteiger partial charge is 0.443 e. The number of nitrogens with zero attached hydrogens (tertiary/aromatic N) is 2. The summed E-state index contributed by atoms with van der Waals surface area (Å²) in [5.74, 6) is 1.02. The normalized spacial score (nSPS) is 12.0. The summed E-state index contributed by atoms with van der Waals surface area (Å²) < 4.78 is 85.6. The third kappa shape index (κ3) is 5.21. The standard InChI is InChI=1S/C9H5BrF3NOS.C9H6F3NOS/c1-15-5-3-2-4-7(6(5)10)16-8(14-4)9(11,12)13;1-14-5-2-3-6-7(4-5)15-8(13-6)9(10,11)12/h2-3H,1H3;2-4H,1H3. The Morgan fingerprint density at radius 1 is 0.806 bits per heavy atom. The summed E-state index contributed by atoms with van der Waals surface area (Å²) in [5, 5.41) is -1.68. The first-order valence-corrected chi connectivity index (χ1v) is 10.6. The van der Waals surface area contributed by atoms with Crippen molar-refractivity contribution >= 4 is 59.0 Å². The fourth-order valence-electron chi connectivity index (χ4n) is 2.37. The summed E-state index contributed by atoms with van der Waals surface area (Å²) in [4.78, 5) is 7.03. The van der Waals surface area contributed by atoms with Gasteiger partial charge in [0.15, 0.2) is 10.0 Å². The number of aromatic nitrogens is 2. The van der Waals surface area contributed by atoms with Crippen LogP contribution in [-0.2, 0) is 12.4 Å². The summed E-state index contributed by atoms with van der Waals surface area (Å²) >= 11 is 4.42. The van der Waals surface area contributed by atoms with E-state index in [1.807, 2.05) is 0 Å². The van der Waals surface area contributed by atoms with Gasteiger partial charge in [0.05, 0.1) is 39.1 Å². The Morgan fingerprint density at radius 3 is 1.97 bits per heavy atom. The predicted octanol–water partition coefficient (Wildman–Crippen LogP) is 7.41. The molecular formula is C18H11BrF6N2O2S2. The van der Waals surface area contributed by atoms with Crippen molar-refractivity contribution in [3.05, 3.63) is 44.8 Å². The molecule has 166 valence electrons. The van der Waals surface area contributed by atoms with Crippen LogP contribution in [0.3, 0.4) is 0 Å². The maximum Gasteiger partial charge on any atom is 0.443 e. The van der Waals surface area contributed by atoms with Crippen molar-refractivity contribution in [3.8, 4) is 11.5 Å². The van der Waals surface area contributed by atoms with E-state index in [1.54, 1.807) is 18.2 Å². The third-order valence-electron chi connectivity index (χ3n) is 3.76. The lowest BCUT2D eigenvalue weighted by Crippen LogP contribution is -2.03. The summed E-state index contributed by atoms with van der Waals surface area (Å²) in [6.45, 7) is 0. The van der Waals surface area contributed by atoms with Gasteiger partial charge in [-0.1, -0.05) is 0 Å². The van der Waals surface area contributed by atoms with Gasteiger partial charge in [0.2, 0.25) is 0 Å². The highest BCUT2D eigenvalue weighted by molar-refractivity contribution is 9.10. The van der Waals surface area contributed by atoms with Gasteiger partial charge in [0, 0.05) is 0 Å². The van der Waals surface area contributed by atoms with E-state index in [9.17, 15) is 26.3 Å². The van der Waals surface area contributed by atoms with Crippen molar-refractivity contribution in [2.75, 3.05) is 14.2 Å². The van der Waals surface area contributed by atoms with Crippen LogP contribution in [0.1, 0.15) is 10.0 Å². The molecule has 0 saturated carbocycles. The molecule has 4 rings (SSSR count). The quantitative estimate of drug-likeness (QED) is 0.246. The van der Waals surface area contributed by atoms with Crippen LogP contribution in [0.4, 0.5) is 26.3 Å². The first-order chi connectivity index (χ1) is 14.4. The number of benzene rings is 2. The molecule has 31 heavy (non-hydrogen) atoms. The summed E-state index contributed by atoms with van der Waals surface area (Å²) in [7, 11) is 2.92. The van der Waals surface area contributed by atoms with Gasteiger partial charge >= 0.3 is 12.4 Å². The van der Waals surface area contributed by atoms with Gasteiger partial charge in [0.25, 0.3) is 0 Å². The molecule has 0 unspecified atom stereocenters. The highest BCUT2D eigenvalue weighted by Crippen LogP contribution is 2.41. The van der Waals surface area contributed by atoms with Crippen molar-refractivity contribution in [1.29, 1.82) is 0 Å². The Kier molecular flexibility index (Phi) is 6.67. The molecular weight excluding hydrogens is 534 g/mol. The zero-order valence-corrected chi connectivity index (χ0v) is 18.8. The van der Waals surface area contributed by atoms with Crippen LogP contribution in [0.25, 0.3) is 20.4 Å². The van der Waals surface area contributed by atoms with Gasteiger partial charge in [0.1, 0.15) is 11.5 Å². The zero-order valence-electron chi connectivity index (χ0n) is 15.6. The second kappa shape index (κ2) is 8.79. The molecule has 2 aromatic carbocycles. The van der Waals surface area contributed by atoms with E-state index in [4.69, 9.17) is 9.47 Å². The van der Waals surface area contributed by atoms with Gasteiger partial charge in [-0.15, -0.1) is 22.7 Å². The number of rotatable bonds is 2. The van der Waals surface area contributed by atoms with E-state index in [0.717, 1.165) is 0 Å². The first kappa shape index (κ1) is 23.5. The molecule has 0 radical (unpaired) electrons. The van der Waals surface area contributed by atoms with Crippen molar-refractivity contribution in [2.24, 2.45) is 0 Å². The summed E-state index contributed by atoms with van der Waals surface area (Å²) in [6.07, 6.45) is -8.78. The molecule has 2 heterocycles. The fourth-order valence-corrected chi connectivity index (χ4v) is 4.84. The molecule has 0 N–H and O–H groups in total. The monoisotopic (exact) mass is 544 g/mol. The molecule has 0 fully saturated rings. The fraction of sp³-hybridized carbons (Fsp3) is 0.222. The Balaban J connectivity index is 0.000000176. The topological polar surface area (TPSA) is 44.2 Å². The molecule has 0 aliphatic carbocycles. The van der Waals surface area contributed by atoms with E-state index < -0.39 is 22.4 Å². The van der Waals surface area contributed by atoms with Crippen LogP contribution in [0, 0.1) is 0 Å². The minimum Gasteiger partial charge on any atom is -0.497 e. The molecule has 4 nitrogen and oxygen atoms in total. The van der Waals surface area contributed by atoms with Crippen molar-refractivity contribution < 1.29 is 35.8 Å². The minimum absolute atomic E-state index is 0.310. The lowest BCUT2D eigenvalue weighted by atomic mass is 10.3. The first-order valence-electron chi connectivity index (χ1n) is 8.16. The lowest BCUT2D eigenvalue weighted by molar-refractivity contribution is -0.138. The number of ether oxygens (including phenoxy) is 2. The molecule has 0 aliphatic heterocycles. The maximum atomic E-state index is 12.4. The van der Waals surface area contributed by atoms with Crippen molar-refractivity contribution in [3.63, 3.8) is 0 Å². The molecule has 0 atom stereocenters. The second-order valence-corrected chi connectivity index (χ2v) is 8.62. The van der Waals surface area contributed by atoms with Crippen LogP contribution in [0.2, 0.25) is 0 Å². The van der Waals surface area contributed by atoms with Crippen LogP contribution < -0.4 is 9.47 Å². The summed E-state index contributed by atoms with van der Waals surface area (Å²) in [6, 6.07) is 7.72. The summed E-state index contributed by atoms with van der Waals surface area (Å²) in [5.41, 5.74) is 0.651. The molecule has 0 spiro atoms. The van der Waals surface area contributed by atoms with Crippen LogP contribution in [-0.4, -0.2) is 24.2 Å². The molecule has 0 saturated heterocycles. The van der Waals surface area contributed by atoms with Crippen LogP contribution >= 0.6 is 38.6 Å². The second-order valence-electron chi connectivity index (χ2n) is 5.80. The molecule has 0 bridgehead atoms. The third-order valence-corrected chi connectivity index (χ3v) is 7.01. The number of fused-ring (bicyclic) bond motifs is 2. The van der Waals surface area contributed by atoms with Gasteiger partial charge in [-0.2, -0.15) is 26.3 Å². The number of halogens is 7. The van der Waals surface area contributed by atoms with Gasteiger partial charge < -0.3 is 9.47 Å². The minimum atomic E-state index is -4.41. The molecule has 0 aliphatic rings. The van der Waals surface area contributed by atoms with Crippen molar-refractivity contribution in [2.45, 2.75) is 12.4 Å². The van der Waals surface area contributed by atoms with E-state index in [2.05, 4.69) is 25.9 Å². The molecule has 13 heteroatoms. The molecule has 2 aromatic heterocycles. The van der Waals surface area contributed by atoms with Gasteiger partial charge in [-0.3, -0.25) is 0 Å². The largest absolute Gasteiger partial charge is 0.497 e. The number of hydrogen-bond acceptors (Lipinski definition) is 6.